The Balaban J connectivity index is 0.924. The van der Waals surface area contributed by atoms with Crippen LogP contribution in [-0.2, 0) is 5.41 Å². The second-order valence-corrected chi connectivity index (χ2v) is 16.8. The smallest absolute Gasteiger partial charge is 0.164 e. The minimum Gasteiger partial charge on any atom is -0.208 e. The lowest BCUT2D eigenvalue weighted by molar-refractivity contribution is -0.0418. The number of benzene rings is 7. The van der Waals surface area contributed by atoms with Crippen LogP contribution in [0.1, 0.15) is 48.8 Å². The van der Waals surface area contributed by atoms with Crippen molar-refractivity contribution in [1.82, 2.24) is 15.0 Å². The molecule has 58 heavy (non-hydrogen) atoms. The molecule has 12 rings (SSSR count). The van der Waals surface area contributed by atoms with Crippen LogP contribution in [0.25, 0.3) is 67.2 Å². The van der Waals surface area contributed by atoms with E-state index in [0.717, 1.165) is 39.5 Å². The monoisotopic (exact) mass is 746 g/mol. The molecule has 1 aromatic heterocycles. The Morgan fingerprint density at radius 1 is 0.397 bits per heavy atom. The molecule has 7 aromatic carbocycles. The normalized spacial score (nSPS) is 21.8. The van der Waals surface area contributed by atoms with Crippen LogP contribution in [0, 0.1) is 35.0 Å². The lowest BCUT2D eigenvalue weighted by atomic mass is 9.42. The quantitative estimate of drug-likeness (QED) is 0.163. The summed E-state index contributed by atoms with van der Waals surface area (Å²) in [4.78, 5) is 15.0. The van der Waals surface area contributed by atoms with Crippen molar-refractivity contribution in [3.8, 4) is 62.5 Å². The van der Waals surface area contributed by atoms with Crippen molar-refractivity contribution < 1.29 is 0 Å². The van der Waals surface area contributed by atoms with Gasteiger partial charge in [0.1, 0.15) is 0 Å². The summed E-state index contributed by atoms with van der Waals surface area (Å²) in [6.45, 7) is 0. The highest BCUT2D eigenvalue weighted by Crippen LogP contribution is 2.65. The summed E-state index contributed by atoms with van der Waals surface area (Å²) in [7, 11) is 0. The van der Waals surface area contributed by atoms with E-state index < -0.39 is 0 Å². The predicted molar refractivity (Wildman–Crippen MR) is 233 cm³/mol. The maximum atomic E-state index is 9.30. The van der Waals surface area contributed by atoms with E-state index in [-0.39, 0.29) is 5.41 Å². The van der Waals surface area contributed by atoms with Gasteiger partial charge in [-0.25, -0.2) is 15.0 Å². The van der Waals surface area contributed by atoms with E-state index in [1.54, 1.807) is 0 Å². The fraction of sp³-hybridized carbons (Fsp3) is 0.185. The van der Waals surface area contributed by atoms with Crippen LogP contribution in [0.3, 0.4) is 0 Å². The van der Waals surface area contributed by atoms with Gasteiger partial charge in [0.2, 0.25) is 0 Å². The van der Waals surface area contributed by atoms with Gasteiger partial charge in [0.15, 0.2) is 17.5 Å². The minimum atomic E-state index is 0.0247. The second kappa shape index (κ2) is 14.0. The van der Waals surface area contributed by atoms with Crippen LogP contribution < -0.4 is 0 Å². The van der Waals surface area contributed by atoms with Gasteiger partial charge in [0, 0.05) is 22.1 Å². The fourth-order valence-corrected chi connectivity index (χ4v) is 11.1. The second-order valence-electron chi connectivity index (χ2n) is 16.8. The molecule has 0 saturated heterocycles. The number of rotatable bonds is 7. The largest absolute Gasteiger partial charge is 0.208 e. The number of nitriles is 1. The summed E-state index contributed by atoms with van der Waals surface area (Å²) >= 11 is 0. The molecule has 0 unspecified atom stereocenters. The molecule has 4 aliphatic rings. The van der Waals surface area contributed by atoms with Crippen molar-refractivity contribution in [2.24, 2.45) is 23.7 Å². The molecule has 4 fully saturated rings. The summed E-state index contributed by atoms with van der Waals surface area (Å²) in [5.74, 6) is 5.07. The molecule has 4 nitrogen and oxygen atoms in total. The van der Waals surface area contributed by atoms with E-state index in [0.29, 0.717) is 34.9 Å². The third-order valence-electron chi connectivity index (χ3n) is 13.6. The Morgan fingerprint density at radius 3 is 1.34 bits per heavy atom. The third-order valence-corrected chi connectivity index (χ3v) is 13.6. The van der Waals surface area contributed by atoms with Gasteiger partial charge < -0.3 is 0 Å². The molecule has 0 radical (unpaired) electrons. The molecular formula is C54H42N4. The summed E-state index contributed by atoms with van der Waals surface area (Å²) in [6, 6.07) is 62.8. The number of hydrogen-bond acceptors (Lipinski definition) is 4. The fourth-order valence-electron chi connectivity index (χ4n) is 11.1. The molecule has 4 saturated carbocycles. The Morgan fingerprint density at radius 2 is 0.810 bits per heavy atom. The summed E-state index contributed by atoms with van der Waals surface area (Å²) in [6.07, 6.45) is 6.76. The van der Waals surface area contributed by atoms with Crippen molar-refractivity contribution >= 4 is 10.8 Å². The maximum Gasteiger partial charge on any atom is 0.164 e. The maximum absolute atomic E-state index is 9.30. The molecule has 1 heterocycles. The molecule has 4 bridgehead atoms. The Bertz CT molecular complexity index is 2790. The van der Waals surface area contributed by atoms with Gasteiger partial charge in [-0.3, -0.25) is 0 Å². The minimum absolute atomic E-state index is 0.0247. The highest BCUT2D eigenvalue weighted by atomic mass is 15.0. The molecular weight excluding hydrogens is 705 g/mol. The van der Waals surface area contributed by atoms with E-state index in [9.17, 15) is 5.26 Å². The van der Waals surface area contributed by atoms with Gasteiger partial charge in [0.25, 0.3) is 0 Å². The first kappa shape index (κ1) is 34.5. The van der Waals surface area contributed by atoms with E-state index in [2.05, 4.69) is 146 Å². The average Bonchev–Trinajstić information content (AvgIpc) is 3.29. The first-order chi connectivity index (χ1) is 28.6. The molecule has 8 aromatic rings. The highest BCUT2D eigenvalue weighted by Gasteiger charge is 2.58. The van der Waals surface area contributed by atoms with E-state index >= 15 is 0 Å². The summed E-state index contributed by atoms with van der Waals surface area (Å²) in [5, 5.41) is 11.7. The zero-order chi connectivity index (χ0) is 38.6. The van der Waals surface area contributed by atoms with Crippen molar-refractivity contribution in [3.63, 3.8) is 0 Å². The SMILES string of the molecule is N#Cc1ccc(-c2ccc(C3(c4ccc(-c5ccc(-c6nc(-c7ccccc7)nc(-c7ccc8ccccc8c7)n6)cc5)cc4)C4CC5CC(C4)CC3C5)cc2)cc1. The number of aromatic nitrogens is 3. The number of hydrogen-bond donors (Lipinski definition) is 0. The standard InChI is InChI=1S/C54H42N4/c55-34-35-10-12-39(13-11-35)41-20-24-47(25-21-41)54(49-29-36-28-37(31-49)32-50(54)30-36)48-26-22-42(23-27-48)40-14-17-44(18-15-40)52-56-51(43-7-2-1-3-8-43)57-53(58-52)46-19-16-38-6-4-5-9-45(38)33-46/h1-27,33,36-37,49-50H,28-32H2. The van der Waals surface area contributed by atoms with Crippen LogP contribution in [0.15, 0.2) is 170 Å². The first-order valence-electron chi connectivity index (χ1n) is 20.7. The van der Waals surface area contributed by atoms with Crippen LogP contribution in [0.2, 0.25) is 0 Å². The van der Waals surface area contributed by atoms with Crippen molar-refractivity contribution in [1.29, 1.82) is 5.26 Å². The van der Waals surface area contributed by atoms with Crippen LogP contribution in [-0.4, -0.2) is 15.0 Å². The molecule has 0 spiro atoms. The van der Waals surface area contributed by atoms with Gasteiger partial charge in [-0.15, -0.1) is 0 Å². The molecule has 0 amide bonds. The Hall–Kier alpha value is -6.70. The average molecular weight is 747 g/mol. The number of fused-ring (bicyclic) bond motifs is 1. The first-order valence-corrected chi connectivity index (χ1v) is 20.7. The highest BCUT2D eigenvalue weighted by molar-refractivity contribution is 5.86. The van der Waals surface area contributed by atoms with Gasteiger partial charge in [-0.05, 0) is 118 Å². The van der Waals surface area contributed by atoms with Crippen LogP contribution in [0.5, 0.6) is 0 Å². The van der Waals surface area contributed by atoms with Crippen LogP contribution >= 0.6 is 0 Å². The lowest BCUT2D eigenvalue weighted by Crippen LogP contribution is -2.56. The molecule has 0 N–H and O–H groups in total. The van der Waals surface area contributed by atoms with E-state index in [1.807, 2.05) is 30.3 Å². The van der Waals surface area contributed by atoms with E-state index in [4.69, 9.17) is 15.0 Å². The van der Waals surface area contributed by atoms with Gasteiger partial charge >= 0.3 is 0 Å². The molecule has 4 heteroatoms. The summed E-state index contributed by atoms with van der Waals surface area (Å²) < 4.78 is 0. The van der Waals surface area contributed by atoms with Crippen molar-refractivity contribution in [2.45, 2.75) is 37.5 Å². The van der Waals surface area contributed by atoms with Gasteiger partial charge in [0.05, 0.1) is 11.6 Å². The zero-order valence-electron chi connectivity index (χ0n) is 32.3. The van der Waals surface area contributed by atoms with E-state index in [1.165, 1.54) is 65.3 Å². The molecule has 4 aliphatic carbocycles. The Labute approximate surface area is 340 Å². The predicted octanol–water partition coefficient (Wildman–Crippen LogP) is 13.0. The zero-order valence-corrected chi connectivity index (χ0v) is 32.3. The van der Waals surface area contributed by atoms with Crippen molar-refractivity contribution in [3.05, 3.63) is 187 Å². The molecule has 0 aliphatic heterocycles. The Kier molecular flexibility index (Phi) is 8.36. The lowest BCUT2D eigenvalue weighted by Gasteiger charge is -2.62. The molecule has 278 valence electrons. The van der Waals surface area contributed by atoms with Crippen LogP contribution in [0.4, 0.5) is 0 Å². The van der Waals surface area contributed by atoms with Gasteiger partial charge in [-0.1, -0.05) is 152 Å². The van der Waals surface area contributed by atoms with Gasteiger partial charge in [-0.2, -0.15) is 5.26 Å². The molecule has 0 atom stereocenters. The van der Waals surface area contributed by atoms with Crippen molar-refractivity contribution in [2.75, 3.05) is 0 Å². The number of nitrogens with zero attached hydrogens (tertiary/aromatic N) is 4. The summed E-state index contributed by atoms with van der Waals surface area (Å²) in [5.41, 5.74) is 11.3. The third kappa shape index (κ3) is 5.93. The topological polar surface area (TPSA) is 62.5 Å².